The van der Waals surface area contributed by atoms with Crippen LogP contribution in [0, 0.1) is 10.1 Å². The first-order valence-corrected chi connectivity index (χ1v) is 7.87. The van der Waals surface area contributed by atoms with Gasteiger partial charge in [0, 0.05) is 23.7 Å². The molecule has 0 fully saturated rings. The van der Waals surface area contributed by atoms with Gasteiger partial charge in [0.05, 0.1) is 11.5 Å². The molecule has 0 aliphatic rings. The van der Waals surface area contributed by atoms with Crippen LogP contribution in [0.25, 0.3) is 11.4 Å². The number of rotatable bonds is 6. The Balaban J connectivity index is 1.70. The summed E-state index contributed by atoms with van der Waals surface area (Å²) >= 11 is 0. The number of non-ortho nitro benzene ring substituents is 1. The van der Waals surface area contributed by atoms with Crippen molar-refractivity contribution in [2.45, 2.75) is 19.5 Å². The third kappa shape index (κ3) is 3.89. The summed E-state index contributed by atoms with van der Waals surface area (Å²) in [6, 6.07) is 16.5. The summed E-state index contributed by atoms with van der Waals surface area (Å²) in [5, 5.41) is 14.7. The Hall–Kier alpha value is -3.06. The molecule has 0 bridgehead atoms. The van der Waals surface area contributed by atoms with Gasteiger partial charge in [-0.3, -0.25) is 15.0 Å². The van der Waals surface area contributed by atoms with Gasteiger partial charge in [-0.05, 0) is 31.7 Å². The standard InChI is InChI=1S/C18H18N4O3/c1-13(14-6-4-3-5-7-14)21(2)12-17-19-18(20-25-17)15-8-10-16(11-9-15)22(23)24/h3-11,13H,12H2,1-2H3. The maximum absolute atomic E-state index is 10.7. The minimum atomic E-state index is -0.439. The first-order chi connectivity index (χ1) is 12.0. The third-order valence-electron chi connectivity index (χ3n) is 4.13. The zero-order valence-corrected chi connectivity index (χ0v) is 14.0. The predicted molar refractivity (Wildman–Crippen MR) is 92.7 cm³/mol. The molecular formula is C18H18N4O3. The molecule has 0 aliphatic heterocycles. The Morgan fingerprint density at radius 1 is 1.16 bits per heavy atom. The van der Waals surface area contributed by atoms with E-state index in [4.69, 9.17) is 4.52 Å². The summed E-state index contributed by atoms with van der Waals surface area (Å²) in [5.41, 5.74) is 1.92. The molecule has 1 aromatic heterocycles. The van der Waals surface area contributed by atoms with Crippen molar-refractivity contribution in [2.75, 3.05) is 7.05 Å². The number of hydrogen-bond acceptors (Lipinski definition) is 6. The number of aromatic nitrogens is 2. The average molecular weight is 338 g/mol. The van der Waals surface area contributed by atoms with Gasteiger partial charge in [-0.15, -0.1) is 0 Å². The molecule has 3 rings (SSSR count). The number of benzene rings is 2. The molecule has 25 heavy (non-hydrogen) atoms. The van der Waals surface area contributed by atoms with E-state index in [2.05, 4.69) is 34.1 Å². The quantitative estimate of drug-likeness (QED) is 0.501. The molecule has 1 atom stereocenters. The Labute approximate surface area is 145 Å². The molecule has 0 spiro atoms. The molecule has 7 nitrogen and oxygen atoms in total. The zero-order chi connectivity index (χ0) is 17.8. The topological polar surface area (TPSA) is 85.3 Å². The van der Waals surface area contributed by atoms with E-state index in [0.29, 0.717) is 23.8 Å². The summed E-state index contributed by atoms with van der Waals surface area (Å²) in [5.74, 6) is 0.921. The van der Waals surface area contributed by atoms with E-state index in [9.17, 15) is 10.1 Å². The zero-order valence-electron chi connectivity index (χ0n) is 14.0. The van der Waals surface area contributed by atoms with Gasteiger partial charge in [0.2, 0.25) is 11.7 Å². The van der Waals surface area contributed by atoms with Crippen molar-refractivity contribution < 1.29 is 9.45 Å². The van der Waals surface area contributed by atoms with Crippen molar-refractivity contribution in [2.24, 2.45) is 0 Å². The highest BCUT2D eigenvalue weighted by Gasteiger charge is 2.16. The van der Waals surface area contributed by atoms with Crippen molar-refractivity contribution in [3.05, 3.63) is 76.2 Å². The minimum absolute atomic E-state index is 0.0314. The van der Waals surface area contributed by atoms with Crippen LogP contribution in [0.1, 0.15) is 24.4 Å². The highest BCUT2D eigenvalue weighted by molar-refractivity contribution is 5.56. The summed E-state index contributed by atoms with van der Waals surface area (Å²) in [7, 11) is 1.99. The van der Waals surface area contributed by atoms with Crippen LogP contribution in [0.3, 0.4) is 0 Å². The lowest BCUT2D eigenvalue weighted by Crippen LogP contribution is -2.22. The SMILES string of the molecule is CC(c1ccccc1)N(C)Cc1nc(-c2ccc([N+](=O)[O-])cc2)no1. The molecule has 3 aromatic rings. The summed E-state index contributed by atoms with van der Waals surface area (Å²) in [4.78, 5) is 16.8. The van der Waals surface area contributed by atoms with E-state index in [1.165, 1.54) is 17.7 Å². The van der Waals surface area contributed by atoms with Crippen molar-refractivity contribution in [1.82, 2.24) is 15.0 Å². The van der Waals surface area contributed by atoms with Crippen LogP contribution in [0.5, 0.6) is 0 Å². The molecule has 2 aromatic carbocycles. The van der Waals surface area contributed by atoms with Gasteiger partial charge in [-0.1, -0.05) is 35.5 Å². The highest BCUT2D eigenvalue weighted by atomic mass is 16.6. The second-order valence-electron chi connectivity index (χ2n) is 5.82. The van der Waals surface area contributed by atoms with Gasteiger partial charge < -0.3 is 4.52 Å². The van der Waals surface area contributed by atoms with Crippen LogP contribution in [0.4, 0.5) is 5.69 Å². The number of hydrogen-bond donors (Lipinski definition) is 0. The Morgan fingerprint density at radius 3 is 2.48 bits per heavy atom. The van der Waals surface area contributed by atoms with Crippen LogP contribution < -0.4 is 0 Å². The maximum Gasteiger partial charge on any atom is 0.269 e. The van der Waals surface area contributed by atoms with Gasteiger partial charge in [0.1, 0.15) is 0 Å². The highest BCUT2D eigenvalue weighted by Crippen LogP contribution is 2.22. The maximum atomic E-state index is 10.7. The van der Waals surface area contributed by atoms with E-state index >= 15 is 0 Å². The Kier molecular flexibility index (Phi) is 4.85. The van der Waals surface area contributed by atoms with Crippen LogP contribution in [0.2, 0.25) is 0 Å². The Morgan fingerprint density at radius 2 is 1.84 bits per heavy atom. The minimum Gasteiger partial charge on any atom is -0.338 e. The van der Waals surface area contributed by atoms with Gasteiger partial charge in [0.15, 0.2) is 0 Å². The first-order valence-electron chi connectivity index (χ1n) is 7.87. The fourth-order valence-electron chi connectivity index (χ4n) is 2.50. The van der Waals surface area contributed by atoms with Gasteiger partial charge in [-0.25, -0.2) is 0 Å². The van der Waals surface area contributed by atoms with Gasteiger partial charge in [-0.2, -0.15) is 4.98 Å². The second-order valence-corrected chi connectivity index (χ2v) is 5.82. The van der Waals surface area contributed by atoms with E-state index in [0.717, 1.165) is 0 Å². The summed E-state index contributed by atoms with van der Waals surface area (Å²) in [6.45, 7) is 2.62. The van der Waals surface area contributed by atoms with Crippen molar-refractivity contribution in [3.8, 4) is 11.4 Å². The summed E-state index contributed by atoms with van der Waals surface area (Å²) < 4.78 is 5.32. The number of nitrogens with zero attached hydrogens (tertiary/aromatic N) is 4. The molecule has 0 radical (unpaired) electrons. The van der Waals surface area contributed by atoms with Crippen LogP contribution in [-0.4, -0.2) is 27.0 Å². The largest absolute Gasteiger partial charge is 0.338 e. The molecule has 0 aliphatic carbocycles. The molecule has 0 N–H and O–H groups in total. The molecule has 0 amide bonds. The molecule has 1 heterocycles. The second kappa shape index (κ2) is 7.23. The van der Waals surface area contributed by atoms with Crippen molar-refractivity contribution in [1.29, 1.82) is 0 Å². The Bertz CT molecular complexity index is 846. The fraction of sp³-hybridized carbons (Fsp3) is 0.222. The fourth-order valence-corrected chi connectivity index (χ4v) is 2.50. The lowest BCUT2D eigenvalue weighted by molar-refractivity contribution is -0.384. The molecule has 128 valence electrons. The molecule has 0 saturated carbocycles. The third-order valence-corrected chi connectivity index (χ3v) is 4.13. The predicted octanol–water partition coefficient (Wildman–Crippen LogP) is 3.84. The van der Waals surface area contributed by atoms with Gasteiger partial charge >= 0.3 is 0 Å². The molecule has 1 unspecified atom stereocenters. The summed E-state index contributed by atoms with van der Waals surface area (Å²) in [6.07, 6.45) is 0. The monoisotopic (exact) mass is 338 g/mol. The van der Waals surface area contributed by atoms with Crippen LogP contribution >= 0.6 is 0 Å². The van der Waals surface area contributed by atoms with Gasteiger partial charge in [0.25, 0.3) is 5.69 Å². The first kappa shape index (κ1) is 16.8. The van der Waals surface area contributed by atoms with E-state index in [-0.39, 0.29) is 11.7 Å². The average Bonchev–Trinajstić information content (AvgIpc) is 3.10. The lowest BCUT2D eigenvalue weighted by Gasteiger charge is -2.23. The molecule has 7 heteroatoms. The number of nitro groups is 1. The molecule has 0 saturated heterocycles. The smallest absolute Gasteiger partial charge is 0.269 e. The number of nitro benzene ring substituents is 1. The van der Waals surface area contributed by atoms with Crippen molar-refractivity contribution >= 4 is 5.69 Å². The van der Waals surface area contributed by atoms with E-state index < -0.39 is 4.92 Å². The normalized spacial score (nSPS) is 12.3. The van der Waals surface area contributed by atoms with E-state index in [1.54, 1.807) is 12.1 Å². The lowest BCUT2D eigenvalue weighted by atomic mass is 10.1. The van der Waals surface area contributed by atoms with Crippen LogP contribution in [-0.2, 0) is 6.54 Å². The van der Waals surface area contributed by atoms with Crippen molar-refractivity contribution in [3.63, 3.8) is 0 Å². The van der Waals surface area contributed by atoms with E-state index in [1.807, 2.05) is 25.2 Å². The van der Waals surface area contributed by atoms with Crippen LogP contribution in [0.15, 0.2) is 59.1 Å². The molecular weight excluding hydrogens is 320 g/mol.